The van der Waals surface area contributed by atoms with Crippen molar-refractivity contribution in [2.45, 2.75) is 39.2 Å². The third-order valence-corrected chi connectivity index (χ3v) is 2.76. The highest BCUT2D eigenvalue weighted by Gasteiger charge is 2.20. The second-order valence-corrected chi connectivity index (χ2v) is 5.53. The van der Waals surface area contributed by atoms with E-state index < -0.39 is 0 Å². The van der Waals surface area contributed by atoms with Crippen molar-refractivity contribution < 1.29 is 0 Å². The number of aromatic nitrogens is 2. The van der Waals surface area contributed by atoms with E-state index in [1.807, 2.05) is 0 Å². The molecule has 1 aromatic heterocycles. The van der Waals surface area contributed by atoms with Crippen LogP contribution in [0.2, 0.25) is 0 Å². The topological polar surface area (TPSA) is 67.1 Å². The molecule has 5 nitrogen and oxygen atoms in total. The van der Waals surface area contributed by atoms with Gasteiger partial charge in [0, 0.05) is 18.6 Å². The number of nitrogens with one attached hydrogen (secondary N) is 1. The summed E-state index contributed by atoms with van der Waals surface area (Å²) >= 11 is 0. The number of hydrogen-bond acceptors (Lipinski definition) is 5. The predicted octanol–water partition coefficient (Wildman–Crippen LogP) is 1.87. The van der Waals surface area contributed by atoms with Crippen molar-refractivity contribution in [3.63, 3.8) is 0 Å². The smallest absolute Gasteiger partial charge is 0.157 e. The van der Waals surface area contributed by atoms with Gasteiger partial charge in [-0.25, -0.2) is 9.97 Å². The average Bonchev–Trinajstić information content (AvgIpc) is 2.72. The van der Waals surface area contributed by atoms with Crippen molar-refractivity contribution in [2.24, 2.45) is 0 Å². The van der Waals surface area contributed by atoms with Gasteiger partial charge in [0.05, 0.1) is 0 Å². The van der Waals surface area contributed by atoms with E-state index >= 15 is 0 Å². The lowest BCUT2D eigenvalue weighted by atomic mass is 10.1. The van der Waals surface area contributed by atoms with Crippen molar-refractivity contribution in [1.82, 2.24) is 9.97 Å². The molecule has 0 aromatic carbocycles. The van der Waals surface area contributed by atoms with Crippen molar-refractivity contribution in [2.75, 3.05) is 29.0 Å². The molecule has 1 aliphatic rings. The van der Waals surface area contributed by atoms with E-state index in [9.17, 15) is 0 Å². The lowest BCUT2D eigenvalue weighted by Gasteiger charge is -2.24. The summed E-state index contributed by atoms with van der Waals surface area (Å²) in [6, 6.07) is 0. The van der Waals surface area contributed by atoms with Crippen LogP contribution in [0.1, 0.15) is 33.6 Å². The zero-order valence-corrected chi connectivity index (χ0v) is 10.8. The number of nitrogens with two attached hydrogens (primary N) is 1. The third-order valence-electron chi connectivity index (χ3n) is 2.76. The molecule has 2 rings (SSSR count). The van der Waals surface area contributed by atoms with Crippen molar-refractivity contribution in [1.29, 1.82) is 0 Å². The molecule has 1 fully saturated rings. The molecule has 0 saturated carbocycles. The SMILES string of the molecule is CC(C)(C)Nc1ncnc(N2CCCC2)c1N. The van der Waals surface area contributed by atoms with Crippen LogP contribution < -0.4 is 16.0 Å². The monoisotopic (exact) mass is 235 g/mol. The maximum absolute atomic E-state index is 6.14. The van der Waals surface area contributed by atoms with Gasteiger partial charge in [-0.1, -0.05) is 0 Å². The average molecular weight is 235 g/mol. The van der Waals surface area contributed by atoms with Crippen LogP contribution in [0.25, 0.3) is 0 Å². The largest absolute Gasteiger partial charge is 0.393 e. The number of hydrogen-bond donors (Lipinski definition) is 2. The van der Waals surface area contributed by atoms with Crippen LogP contribution in [0, 0.1) is 0 Å². The summed E-state index contributed by atoms with van der Waals surface area (Å²) in [5, 5.41) is 3.31. The molecule has 2 heterocycles. The van der Waals surface area contributed by atoms with E-state index in [-0.39, 0.29) is 5.54 Å². The Kier molecular flexibility index (Phi) is 3.09. The molecule has 94 valence electrons. The summed E-state index contributed by atoms with van der Waals surface area (Å²) < 4.78 is 0. The third kappa shape index (κ3) is 2.78. The Morgan fingerprint density at radius 1 is 1.24 bits per heavy atom. The van der Waals surface area contributed by atoms with Gasteiger partial charge < -0.3 is 16.0 Å². The van der Waals surface area contributed by atoms with Crippen LogP contribution in [0.5, 0.6) is 0 Å². The van der Waals surface area contributed by atoms with E-state index in [1.54, 1.807) is 6.33 Å². The molecule has 0 aliphatic carbocycles. The second-order valence-electron chi connectivity index (χ2n) is 5.53. The second kappa shape index (κ2) is 4.39. The van der Waals surface area contributed by atoms with Gasteiger partial charge >= 0.3 is 0 Å². The zero-order chi connectivity index (χ0) is 12.5. The Morgan fingerprint density at radius 2 is 1.88 bits per heavy atom. The predicted molar refractivity (Wildman–Crippen MR) is 71.3 cm³/mol. The minimum Gasteiger partial charge on any atom is -0.393 e. The molecule has 0 radical (unpaired) electrons. The lowest BCUT2D eigenvalue weighted by molar-refractivity contribution is 0.630. The number of nitrogen functional groups attached to an aromatic ring is 1. The Bertz CT molecular complexity index is 390. The maximum Gasteiger partial charge on any atom is 0.157 e. The minimum absolute atomic E-state index is 0.0508. The van der Waals surface area contributed by atoms with Crippen LogP contribution in [-0.2, 0) is 0 Å². The summed E-state index contributed by atoms with van der Waals surface area (Å²) in [4.78, 5) is 10.7. The van der Waals surface area contributed by atoms with E-state index in [2.05, 4.69) is 41.0 Å². The molecular formula is C12H21N5. The van der Waals surface area contributed by atoms with Crippen LogP contribution in [0.15, 0.2) is 6.33 Å². The van der Waals surface area contributed by atoms with Crippen LogP contribution in [0.3, 0.4) is 0 Å². The van der Waals surface area contributed by atoms with Crippen molar-refractivity contribution >= 4 is 17.3 Å². The fraction of sp³-hybridized carbons (Fsp3) is 0.667. The minimum atomic E-state index is -0.0508. The van der Waals surface area contributed by atoms with E-state index in [1.165, 1.54) is 12.8 Å². The summed E-state index contributed by atoms with van der Waals surface area (Å²) in [5.41, 5.74) is 6.75. The van der Waals surface area contributed by atoms with Crippen LogP contribution >= 0.6 is 0 Å². The molecule has 0 spiro atoms. The molecule has 3 N–H and O–H groups in total. The molecule has 1 aliphatic heterocycles. The maximum atomic E-state index is 6.14. The molecule has 1 aromatic rings. The van der Waals surface area contributed by atoms with Gasteiger partial charge in [0.2, 0.25) is 0 Å². The fourth-order valence-electron chi connectivity index (χ4n) is 2.02. The number of nitrogens with zero attached hydrogens (tertiary/aromatic N) is 3. The molecule has 5 heteroatoms. The molecule has 1 saturated heterocycles. The van der Waals surface area contributed by atoms with Gasteiger partial charge in [-0.3, -0.25) is 0 Å². The van der Waals surface area contributed by atoms with Gasteiger partial charge in [0.15, 0.2) is 11.6 Å². The van der Waals surface area contributed by atoms with Crippen molar-refractivity contribution in [3.05, 3.63) is 6.33 Å². The summed E-state index contributed by atoms with van der Waals surface area (Å²) in [6.07, 6.45) is 4.01. The zero-order valence-electron chi connectivity index (χ0n) is 10.8. The standard InChI is InChI=1S/C12H21N5/c1-12(2,3)16-10-9(13)11(15-8-14-10)17-6-4-5-7-17/h8H,4-7,13H2,1-3H3,(H,14,15,16). The Balaban J connectivity index is 2.26. The first-order valence-corrected chi connectivity index (χ1v) is 6.11. The van der Waals surface area contributed by atoms with Gasteiger partial charge in [-0.15, -0.1) is 0 Å². The Labute approximate surface area is 102 Å². The van der Waals surface area contributed by atoms with E-state index in [4.69, 9.17) is 5.73 Å². The highest BCUT2D eigenvalue weighted by Crippen LogP contribution is 2.29. The summed E-state index contributed by atoms with van der Waals surface area (Å²) in [6.45, 7) is 8.34. The lowest BCUT2D eigenvalue weighted by Crippen LogP contribution is -2.28. The van der Waals surface area contributed by atoms with Gasteiger partial charge in [0.1, 0.15) is 12.0 Å². The quantitative estimate of drug-likeness (QED) is 0.819. The van der Waals surface area contributed by atoms with Crippen molar-refractivity contribution in [3.8, 4) is 0 Å². The molecule has 0 amide bonds. The molecule has 0 unspecified atom stereocenters. The van der Waals surface area contributed by atoms with Gasteiger partial charge in [-0.2, -0.15) is 0 Å². The Hall–Kier alpha value is -1.52. The van der Waals surface area contributed by atoms with Crippen LogP contribution in [0.4, 0.5) is 17.3 Å². The summed E-state index contributed by atoms with van der Waals surface area (Å²) in [7, 11) is 0. The summed E-state index contributed by atoms with van der Waals surface area (Å²) in [5.74, 6) is 1.60. The first kappa shape index (κ1) is 12.0. The Morgan fingerprint density at radius 3 is 2.47 bits per heavy atom. The van der Waals surface area contributed by atoms with Gasteiger partial charge in [0.25, 0.3) is 0 Å². The van der Waals surface area contributed by atoms with Crippen LogP contribution in [-0.4, -0.2) is 28.6 Å². The van der Waals surface area contributed by atoms with E-state index in [0.29, 0.717) is 5.69 Å². The normalized spacial score (nSPS) is 16.3. The molecular weight excluding hydrogens is 214 g/mol. The van der Waals surface area contributed by atoms with E-state index in [0.717, 1.165) is 24.7 Å². The molecule has 0 atom stereocenters. The number of rotatable bonds is 2. The number of anilines is 3. The molecule has 0 bridgehead atoms. The van der Waals surface area contributed by atoms with Gasteiger partial charge in [-0.05, 0) is 33.6 Å². The highest BCUT2D eigenvalue weighted by molar-refractivity contribution is 5.75. The first-order chi connectivity index (χ1) is 7.97. The molecule has 17 heavy (non-hydrogen) atoms. The highest BCUT2D eigenvalue weighted by atomic mass is 15.2. The fourth-order valence-corrected chi connectivity index (χ4v) is 2.02. The first-order valence-electron chi connectivity index (χ1n) is 6.11.